The first kappa shape index (κ1) is 30.4. The van der Waals surface area contributed by atoms with Crippen molar-refractivity contribution in [3.05, 3.63) is 29.8 Å². The molecule has 182 valence electrons. The molecular formula is C25H46ClNO3S. The van der Waals surface area contributed by atoms with Crippen LogP contribution in [0.5, 0.6) is 0 Å². The van der Waals surface area contributed by atoms with E-state index in [1.54, 1.807) is 12.1 Å². The second-order valence-corrected chi connectivity index (χ2v) is 10.7. The lowest BCUT2D eigenvalue weighted by molar-refractivity contribution is -0.910. The molecule has 31 heavy (non-hydrogen) atoms. The van der Waals surface area contributed by atoms with Crippen LogP contribution in [0.2, 0.25) is 0 Å². The molecule has 0 fully saturated rings. The molecule has 1 aromatic carbocycles. The molecule has 0 saturated carbocycles. The Labute approximate surface area is 197 Å². The Kier molecular flexibility index (Phi) is 17.5. The van der Waals surface area contributed by atoms with Crippen LogP contribution in [0.1, 0.15) is 90.0 Å². The smallest absolute Gasteiger partial charge is 0.124 e. The van der Waals surface area contributed by atoms with Gasteiger partial charge in [0.2, 0.25) is 0 Å². The number of hydrogen-bond donors (Lipinski definition) is 0. The van der Waals surface area contributed by atoms with Gasteiger partial charge in [0, 0.05) is 5.88 Å². The highest BCUT2D eigenvalue weighted by Gasteiger charge is 2.19. The average Bonchev–Trinajstić information content (AvgIpc) is 2.72. The molecule has 0 N–H and O–H groups in total. The predicted molar refractivity (Wildman–Crippen MR) is 133 cm³/mol. The molecular weight excluding hydrogens is 430 g/mol. The number of nitrogens with zero attached hydrogens (tertiary/aromatic N) is 1. The summed E-state index contributed by atoms with van der Waals surface area (Å²) in [7, 11) is -1.80. The molecule has 1 rings (SSSR count). The van der Waals surface area contributed by atoms with E-state index in [2.05, 4.69) is 20.9 Å². The number of unbranched alkanes of at least 4 members (excludes halogenated alkanes) is 8. The van der Waals surface area contributed by atoms with E-state index in [4.69, 9.17) is 11.6 Å². The van der Waals surface area contributed by atoms with Crippen molar-refractivity contribution in [1.29, 1.82) is 0 Å². The molecule has 1 atom stereocenters. The van der Waals surface area contributed by atoms with Gasteiger partial charge in [-0.15, -0.1) is 11.6 Å². The van der Waals surface area contributed by atoms with Gasteiger partial charge in [-0.25, -0.2) is 8.42 Å². The van der Waals surface area contributed by atoms with Crippen LogP contribution >= 0.6 is 11.6 Å². The van der Waals surface area contributed by atoms with Crippen molar-refractivity contribution in [2.75, 3.05) is 32.6 Å². The van der Waals surface area contributed by atoms with Crippen molar-refractivity contribution < 1.29 is 17.5 Å². The lowest BCUT2D eigenvalue weighted by Gasteiger charge is -2.35. The zero-order valence-corrected chi connectivity index (χ0v) is 21.9. The third-order valence-electron chi connectivity index (χ3n) is 5.74. The van der Waals surface area contributed by atoms with Gasteiger partial charge in [-0.2, -0.15) is 0 Å². The van der Waals surface area contributed by atoms with Crippen LogP contribution in [-0.2, 0) is 10.1 Å². The highest BCUT2D eigenvalue weighted by atomic mass is 35.5. The quantitative estimate of drug-likeness (QED) is 0.113. The fourth-order valence-corrected chi connectivity index (χ4v) is 4.30. The number of hydrogen-bond acceptors (Lipinski definition) is 3. The molecule has 6 heteroatoms. The van der Waals surface area contributed by atoms with Crippen LogP contribution in [0.15, 0.2) is 29.2 Å². The summed E-state index contributed by atoms with van der Waals surface area (Å²) in [4.78, 5) is -0.178. The van der Waals surface area contributed by atoms with E-state index in [9.17, 15) is 13.0 Å². The largest absolute Gasteiger partial charge is 0.744 e. The van der Waals surface area contributed by atoms with Gasteiger partial charge in [0.15, 0.2) is 0 Å². The van der Waals surface area contributed by atoms with Crippen LogP contribution in [-0.4, -0.2) is 50.0 Å². The monoisotopic (exact) mass is 475 g/mol. The number of aryl methyl sites for hydroxylation is 1. The molecule has 0 saturated heterocycles. The first-order chi connectivity index (χ1) is 14.7. The van der Waals surface area contributed by atoms with Crippen LogP contribution in [0.25, 0.3) is 0 Å². The second kappa shape index (κ2) is 17.9. The molecule has 0 aliphatic heterocycles. The third-order valence-corrected chi connectivity index (χ3v) is 6.86. The van der Waals surface area contributed by atoms with Gasteiger partial charge in [0.05, 0.1) is 31.6 Å². The van der Waals surface area contributed by atoms with Crippen molar-refractivity contribution in [2.24, 2.45) is 0 Å². The molecule has 0 radical (unpaired) electrons. The van der Waals surface area contributed by atoms with Gasteiger partial charge in [-0.3, -0.25) is 0 Å². The average molecular weight is 476 g/mol. The van der Waals surface area contributed by atoms with Gasteiger partial charge in [0.1, 0.15) is 10.1 Å². The summed E-state index contributed by atoms with van der Waals surface area (Å²) in [5.74, 6) is 0.826. The Morgan fingerprint density at radius 2 is 1.19 bits per heavy atom. The maximum Gasteiger partial charge on any atom is 0.124 e. The molecule has 0 heterocycles. The zero-order valence-electron chi connectivity index (χ0n) is 20.4. The molecule has 0 spiro atoms. The highest BCUT2D eigenvalue weighted by molar-refractivity contribution is 7.85. The Balaban J connectivity index is 0.000000683. The number of rotatable bonds is 16. The normalized spacial score (nSPS) is 13.4. The lowest BCUT2D eigenvalue weighted by atomic mass is 10.1. The van der Waals surface area contributed by atoms with Crippen LogP contribution in [0, 0.1) is 6.92 Å². The first-order valence-electron chi connectivity index (χ1n) is 12.1. The third kappa shape index (κ3) is 16.6. The Morgan fingerprint density at radius 1 is 0.774 bits per heavy atom. The van der Waals surface area contributed by atoms with Crippen LogP contribution < -0.4 is 0 Å². The predicted octanol–water partition coefficient (Wildman–Crippen LogP) is 6.90. The van der Waals surface area contributed by atoms with Gasteiger partial charge >= 0.3 is 0 Å². The van der Waals surface area contributed by atoms with Crippen molar-refractivity contribution >= 4 is 21.7 Å². The Bertz CT molecular complexity index is 649. The summed E-state index contributed by atoms with van der Waals surface area (Å²) in [6.45, 7) is 10.5. The summed E-state index contributed by atoms with van der Waals surface area (Å²) in [6.07, 6.45) is 15.0. The highest BCUT2D eigenvalue weighted by Crippen LogP contribution is 2.14. The Hall–Kier alpha value is -0.620. The molecule has 0 aromatic heterocycles. The van der Waals surface area contributed by atoms with Crippen molar-refractivity contribution in [2.45, 2.75) is 96.3 Å². The molecule has 0 amide bonds. The van der Waals surface area contributed by atoms with Crippen LogP contribution in [0.4, 0.5) is 0 Å². The maximum atomic E-state index is 10.4. The number of quaternary nitrogens is 1. The van der Waals surface area contributed by atoms with E-state index < -0.39 is 10.1 Å². The fourth-order valence-electron chi connectivity index (χ4n) is 3.65. The number of benzene rings is 1. The fraction of sp³-hybridized carbons (Fsp3) is 0.760. The molecule has 1 unspecified atom stereocenters. The van der Waals surface area contributed by atoms with E-state index in [0.717, 1.165) is 11.4 Å². The minimum absolute atomic E-state index is 0.178. The number of halogens is 1. The Morgan fingerprint density at radius 3 is 1.61 bits per heavy atom. The summed E-state index contributed by atoms with van der Waals surface area (Å²) in [6, 6.07) is 5.78. The zero-order chi connectivity index (χ0) is 23.6. The van der Waals surface area contributed by atoms with E-state index in [0.29, 0.717) is 0 Å². The van der Waals surface area contributed by atoms with Gasteiger partial charge < -0.3 is 9.04 Å². The van der Waals surface area contributed by atoms with Crippen molar-refractivity contribution in [3.8, 4) is 0 Å². The summed E-state index contributed by atoms with van der Waals surface area (Å²) < 4.78 is 32.5. The van der Waals surface area contributed by atoms with E-state index in [1.807, 2.05) is 6.92 Å². The molecule has 0 bridgehead atoms. The molecule has 4 nitrogen and oxygen atoms in total. The SMILES string of the molecule is CCCCCCC[N+](C)(CCCCCl)CCCCCC.Cc1ccc(S(=O)(=O)[O-])cc1. The van der Waals surface area contributed by atoms with Gasteiger partial charge in [-0.05, 0) is 57.6 Å². The molecule has 0 aliphatic rings. The lowest BCUT2D eigenvalue weighted by Crippen LogP contribution is -2.46. The van der Waals surface area contributed by atoms with Gasteiger partial charge in [-0.1, -0.05) is 63.6 Å². The van der Waals surface area contributed by atoms with Crippen LogP contribution in [0.3, 0.4) is 0 Å². The second-order valence-electron chi connectivity index (χ2n) is 8.93. The van der Waals surface area contributed by atoms with E-state index in [1.165, 1.54) is 107 Å². The summed E-state index contributed by atoms with van der Waals surface area (Å²) in [5.41, 5.74) is 0.928. The van der Waals surface area contributed by atoms with E-state index >= 15 is 0 Å². The van der Waals surface area contributed by atoms with Gasteiger partial charge in [0.25, 0.3) is 0 Å². The maximum absolute atomic E-state index is 10.4. The van der Waals surface area contributed by atoms with Crippen molar-refractivity contribution in [1.82, 2.24) is 0 Å². The summed E-state index contributed by atoms with van der Waals surface area (Å²) in [5, 5.41) is 0. The first-order valence-corrected chi connectivity index (χ1v) is 14.0. The minimum atomic E-state index is -4.27. The summed E-state index contributed by atoms with van der Waals surface area (Å²) >= 11 is 5.83. The minimum Gasteiger partial charge on any atom is -0.744 e. The molecule has 1 aromatic rings. The van der Waals surface area contributed by atoms with E-state index in [-0.39, 0.29) is 4.90 Å². The topological polar surface area (TPSA) is 57.2 Å². The standard InChI is InChI=1S/C18H39ClN.C7H8O3S/c1-4-6-8-10-13-17-20(3,18-14-11-15-19)16-12-9-7-5-2;1-6-2-4-7(5-3-6)11(8,9)10/h4-18H2,1-3H3;2-5H,1H3,(H,8,9,10)/q+1;/p-1. The van der Waals surface area contributed by atoms with Crippen molar-refractivity contribution in [3.63, 3.8) is 0 Å². The molecule has 0 aliphatic carbocycles. The number of alkyl halides is 1.